The van der Waals surface area contributed by atoms with E-state index in [0.29, 0.717) is 11.6 Å². The van der Waals surface area contributed by atoms with Crippen molar-refractivity contribution in [3.05, 3.63) is 12.7 Å². The minimum atomic E-state index is 0.437. The average molecular weight is 222 g/mol. The van der Waals surface area contributed by atoms with E-state index >= 15 is 0 Å². The van der Waals surface area contributed by atoms with E-state index in [1.54, 1.807) is 0 Å². The maximum absolute atomic E-state index is 3.90. The summed E-state index contributed by atoms with van der Waals surface area (Å²) < 4.78 is 0. The molecule has 92 valence electrons. The Labute approximate surface area is 100 Å². The summed E-state index contributed by atoms with van der Waals surface area (Å²) in [5.74, 6) is 0. The fraction of sp³-hybridized carbons (Fsp3) is 0.857. The second-order valence-corrected chi connectivity index (χ2v) is 5.50. The van der Waals surface area contributed by atoms with Crippen LogP contribution in [0.1, 0.15) is 45.4 Å². The van der Waals surface area contributed by atoms with Crippen LogP contribution in [0, 0.1) is 0 Å². The predicted octanol–water partition coefficient (Wildman–Crippen LogP) is 2.56. The fourth-order valence-corrected chi connectivity index (χ4v) is 3.38. The molecular weight excluding hydrogens is 196 g/mol. The lowest BCUT2D eigenvalue weighted by atomic mass is 9.79. The van der Waals surface area contributed by atoms with Crippen LogP contribution in [0.25, 0.3) is 0 Å². The van der Waals surface area contributed by atoms with E-state index in [4.69, 9.17) is 0 Å². The molecule has 1 unspecified atom stereocenters. The molecule has 0 aromatic heterocycles. The summed E-state index contributed by atoms with van der Waals surface area (Å²) in [4.78, 5) is 2.63. The first-order valence-corrected chi connectivity index (χ1v) is 6.89. The molecule has 0 aromatic rings. The largest absolute Gasteiger partial charge is 0.308 e. The SMILES string of the molecule is C=CCN1CC2(CCCCC2)NCC1CC. The molecule has 2 aliphatic rings. The van der Waals surface area contributed by atoms with Crippen molar-refractivity contribution in [2.45, 2.75) is 57.0 Å². The molecule has 1 atom stereocenters. The quantitative estimate of drug-likeness (QED) is 0.738. The zero-order valence-corrected chi connectivity index (χ0v) is 10.7. The summed E-state index contributed by atoms with van der Waals surface area (Å²) in [6.45, 7) is 9.65. The van der Waals surface area contributed by atoms with Gasteiger partial charge < -0.3 is 5.32 Å². The smallest absolute Gasteiger partial charge is 0.0309 e. The van der Waals surface area contributed by atoms with Gasteiger partial charge >= 0.3 is 0 Å². The Kier molecular flexibility index (Phi) is 4.04. The Bertz CT molecular complexity index is 231. The molecule has 0 bridgehead atoms. The van der Waals surface area contributed by atoms with Crippen LogP contribution in [0.2, 0.25) is 0 Å². The Morgan fingerprint density at radius 3 is 2.75 bits per heavy atom. The highest BCUT2D eigenvalue weighted by Gasteiger charge is 2.38. The lowest BCUT2D eigenvalue weighted by Gasteiger charge is -2.49. The van der Waals surface area contributed by atoms with Crippen LogP contribution in [0.15, 0.2) is 12.7 Å². The Hall–Kier alpha value is -0.340. The summed E-state index contributed by atoms with van der Waals surface area (Å²) in [5.41, 5.74) is 0.437. The third-order valence-electron chi connectivity index (χ3n) is 4.38. The van der Waals surface area contributed by atoms with Crippen molar-refractivity contribution in [2.75, 3.05) is 19.6 Å². The topological polar surface area (TPSA) is 15.3 Å². The van der Waals surface area contributed by atoms with Crippen molar-refractivity contribution in [2.24, 2.45) is 0 Å². The number of nitrogens with one attached hydrogen (secondary N) is 1. The van der Waals surface area contributed by atoms with Crippen molar-refractivity contribution < 1.29 is 0 Å². The third kappa shape index (κ3) is 2.49. The fourth-order valence-electron chi connectivity index (χ4n) is 3.38. The highest BCUT2D eigenvalue weighted by molar-refractivity contribution is 5.00. The van der Waals surface area contributed by atoms with E-state index in [1.165, 1.54) is 51.6 Å². The molecule has 2 nitrogen and oxygen atoms in total. The van der Waals surface area contributed by atoms with Gasteiger partial charge in [-0.15, -0.1) is 6.58 Å². The molecule has 0 aromatic carbocycles. The number of piperazine rings is 1. The average Bonchev–Trinajstić information content (AvgIpc) is 2.31. The molecule has 2 rings (SSSR count). The van der Waals surface area contributed by atoms with Gasteiger partial charge in [0.05, 0.1) is 0 Å². The van der Waals surface area contributed by atoms with Gasteiger partial charge in [0.25, 0.3) is 0 Å². The van der Waals surface area contributed by atoms with E-state index in [9.17, 15) is 0 Å². The van der Waals surface area contributed by atoms with Gasteiger partial charge in [0.15, 0.2) is 0 Å². The molecule has 1 saturated heterocycles. The molecule has 1 heterocycles. The standard InChI is InChI=1S/C14H26N2/c1-3-10-16-12-14(8-6-5-7-9-14)15-11-13(16)4-2/h3,13,15H,1,4-12H2,2H3. The molecule has 0 radical (unpaired) electrons. The first kappa shape index (κ1) is 12.1. The molecular formula is C14H26N2. The summed E-state index contributed by atoms with van der Waals surface area (Å²) >= 11 is 0. The molecule has 0 amide bonds. The minimum absolute atomic E-state index is 0.437. The second-order valence-electron chi connectivity index (χ2n) is 5.50. The van der Waals surface area contributed by atoms with Gasteiger partial charge in [-0.1, -0.05) is 32.3 Å². The van der Waals surface area contributed by atoms with E-state index in [1.807, 2.05) is 0 Å². The van der Waals surface area contributed by atoms with Crippen molar-refractivity contribution in [3.8, 4) is 0 Å². The van der Waals surface area contributed by atoms with Crippen molar-refractivity contribution in [1.82, 2.24) is 10.2 Å². The number of hydrogen-bond acceptors (Lipinski definition) is 2. The molecule has 2 fully saturated rings. The van der Waals surface area contributed by atoms with E-state index in [2.05, 4.69) is 29.8 Å². The summed E-state index contributed by atoms with van der Waals surface area (Å²) in [7, 11) is 0. The van der Waals surface area contributed by atoms with Gasteiger partial charge in [0.2, 0.25) is 0 Å². The third-order valence-corrected chi connectivity index (χ3v) is 4.38. The van der Waals surface area contributed by atoms with Gasteiger partial charge in [-0.25, -0.2) is 0 Å². The minimum Gasteiger partial charge on any atom is -0.308 e. The van der Waals surface area contributed by atoms with Crippen LogP contribution in [0.5, 0.6) is 0 Å². The second kappa shape index (κ2) is 5.33. The lowest BCUT2D eigenvalue weighted by molar-refractivity contribution is 0.0629. The van der Waals surface area contributed by atoms with Crippen molar-refractivity contribution >= 4 is 0 Å². The molecule has 16 heavy (non-hydrogen) atoms. The highest BCUT2D eigenvalue weighted by Crippen LogP contribution is 2.32. The molecule has 1 aliphatic heterocycles. The van der Waals surface area contributed by atoms with Gasteiger partial charge in [-0.05, 0) is 19.3 Å². The summed E-state index contributed by atoms with van der Waals surface area (Å²) in [6, 6.07) is 0.713. The van der Waals surface area contributed by atoms with Crippen molar-refractivity contribution in [1.29, 1.82) is 0 Å². The Morgan fingerprint density at radius 1 is 1.38 bits per heavy atom. The zero-order chi connectivity index (χ0) is 11.4. The van der Waals surface area contributed by atoms with E-state index in [-0.39, 0.29) is 0 Å². The number of rotatable bonds is 3. The monoisotopic (exact) mass is 222 g/mol. The van der Waals surface area contributed by atoms with Crippen LogP contribution in [0.4, 0.5) is 0 Å². The van der Waals surface area contributed by atoms with Crippen molar-refractivity contribution in [3.63, 3.8) is 0 Å². The maximum Gasteiger partial charge on any atom is 0.0309 e. The van der Waals surface area contributed by atoms with Crippen LogP contribution >= 0.6 is 0 Å². The summed E-state index contributed by atoms with van der Waals surface area (Å²) in [5, 5.41) is 3.85. The van der Waals surface area contributed by atoms with Gasteiger partial charge in [-0.2, -0.15) is 0 Å². The number of hydrogen-bond donors (Lipinski definition) is 1. The van der Waals surface area contributed by atoms with Gasteiger partial charge in [-0.3, -0.25) is 4.90 Å². The van der Waals surface area contributed by atoms with E-state index < -0.39 is 0 Å². The van der Waals surface area contributed by atoms with Crippen LogP contribution in [-0.4, -0.2) is 36.1 Å². The molecule has 1 saturated carbocycles. The van der Waals surface area contributed by atoms with Gasteiger partial charge in [0, 0.05) is 31.2 Å². The van der Waals surface area contributed by atoms with Gasteiger partial charge in [0.1, 0.15) is 0 Å². The molecule has 1 N–H and O–H groups in total. The Morgan fingerprint density at radius 2 is 2.12 bits per heavy atom. The molecule has 2 heteroatoms. The van der Waals surface area contributed by atoms with E-state index in [0.717, 1.165) is 6.54 Å². The highest BCUT2D eigenvalue weighted by atomic mass is 15.2. The van der Waals surface area contributed by atoms with Crippen LogP contribution in [-0.2, 0) is 0 Å². The van der Waals surface area contributed by atoms with Crippen LogP contribution < -0.4 is 5.32 Å². The summed E-state index contributed by atoms with van der Waals surface area (Å²) in [6.07, 6.45) is 10.3. The normalized spacial score (nSPS) is 30.4. The molecule has 1 spiro atoms. The maximum atomic E-state index is 3.90. The van der Waals surface area contributed by atoms with Crippen LogP contribution in [0.3, 0.4) is 0 Å². The first-order chi connectivity index (χ1) is 7.79. The predicted molar refractivity (Wildman–Crippen MR) is 69.7 cm³/mol. The Balaban J connectivity index is 2.00. The first-order valence-electron chi connectivity index (χ1n) is 6.89. The molecule has 1 aliphatic carbocycles. The lowest BCUT2D eigenvalue weighted by Crippen LogP contribution is -2.64. The number of nitrogens with zero attached hydrogens (tertiary/aromatic N) is 1. The zero-order valence-electron chi connectivity index (χ0n) is 10.7.